The lowest BCUT2D eigenvalue weighted by Gasteiger charge is -2.10. The van der Waals surface area contributed by atoms with Crippen LogP contribution < -0.4 is 20.7 Å². The molecule has 0 heterocycles. The van der Waals surface area contributed by atoms with Gasteiger partial charge in [0.1, 0.15) is 5.75 Å². The van der Waals surface area contributed by atoms with Gasteiger partial charge >= 0.3 is 12.4 Å². The predicted octanol–water partition coefficient (Wildman–Crippen LogP) is 2.62. The molecule has 0 aliphatic carbocycles. The molecule has 23 heavy (non-hydrogen) atoms. The molecule has 0 radical (unpaired) electrons. The van der Waals surface area contributed by atoms with Gasteiger partial charge < -0.3 is 15.4 Å². The average molecular weight is 333 g/mol. The van der Waals surface area contributed by atoms with Gasteiger partial charge in [0.25, 0.3) is 0 Å². The van der Waals surface area contributed by atoms with E-state index < -0.39 is 18.3 Å². The lowest BCUT2D eigenvalue weighted by Crippen LogP contribution is -2.42. The van der Waals surface area contributed by atoms with Gasteiger partial charge in [0.05, 0.1) is 6.54 Å². The molecule has 0 saturated carbocycles. The number of imide groups is 1. The largest absolute Gasteiger partial charge is 0.573 e. The summed E-state index contributed by atoms with van der Waals surface area (Å²) in [6, 6.07) is 4.31. The van der Waals surface area contributed by atoms with E-state index >= 15 is 0 Å². The Kier molecular flexibility index (Phi) is 7.17. The first-order chi connectivity index (χ1) is 10.8. The number of hydrogen-bond acceptors (Lipinski definition) is 4. The molecule has 0 fully saturated rings. The molecule has 128 valence electrons. The quantitative estimate of drug-likeness (QED) is 0.670. The molecule has 0 aliphatic heterocycles. The molecule has 0 atom stereocenters. The molecule has 0 unspecified atom stereocenters. The Morgan fingerprint density at radius 1 is 1.17 bits per heavy atom. The average Bonchev–Trinajstić information content (AvgIpc) is 2.45. The standard InChI is InChI=1S/C14H18F3N3O3/c1-2-3-8-18-13(22)20-12(21)9-19-10-4-6-11(7-5-10)23-14(15,16)17/h4-7,19H,2-3,8-9H2,1H3,(H2,18,20,21,22). The molecule has 0 saturated heterocycles. The maximum Gasteiger partial charge on any atom is 0.573 e. The molecule has 9 heteroatoms. The molecular formula is C14H18F3N3O3. The minimum Gasteiger partial charge on any atom is -0.406 e. The van der Waals surface area contributed by atoms with Crippen LogP contribution in [0.1, 0.15) is 19.8 Å². The van der Waals surface area contributed by atoms with Gasteiger partial charge in [-0.15, -0.1) is 13.2 Å². The van der Waals surface area contributed by atoms with E-state index in [0.29, 0.717) is 12.2 Å². The van der Waals surface area contributed by atoms with Crippen LogP contribution in [0.15, 0.2) is 24.3 Å². The SMILES string of the molecule is CCCCNC(=O)NC(=O)CNc1ccc(OC(F)(F)F)cc1. The zero-order chi connectivity index (χ0) is 17.3. The summed E-state index contributed by atoms with van der Waals surface area (Å²) in [6.45, 7) is 2.25. The molecule has 3 amide bonds. The van der Waals surface area contributed by atoms with Gasteiger partial charge in [0.2, 0.25) is 5.91 Å². The van der Waals surface area contributed by atoms with Crippen molar-refractivity contribution in [1.29, 1.82) is 0 Å². The minimum atomic E-state index is -4.75. The molecule has 0 aromatic heterocycles. The monoisotopic (exact) mass is 333 g/mol. The zero-order valence-electron chi connectivity index (χ0n) is 12.5. The molecule has 0 spiro atoms. The third kappa shape index (κ3) is 8.54. The maximum absolute atomic E-state index is 12.0. The number of benzene rings is 1. The minimum absolute atomic E-state index is 0.194. The van der Waals surface area contributed by atoms with E-state index in [0.717, 1.165) is 25.0 Å². The van der Waals surface area contributed by atoms with Crippen LogP contribution in [0.3, 0.4) is 0 Å². The van der Waals surface area contributed by atoms with Crippen LogP contribution in [-0.2, 0) is 4.79 Å². The van der Waals surface area contributed by atoms with E-state index in [9.17, 15) is 22.8 Å². The fourth-order valence-corrected chi connectivity index (χ4v) is 1.55. The van der Waals surface area contributed by atoms with Gasteiger partial charge in [-0.1, -0.05) is 13.3 Å². The second-order valence-corrected chi connectivity index (χ2v) is 4.58. The first-order valence-corrected chi connectivity index (χ1v) is 6.97. The Morgan fingerprint density at radius 3 is 2.39 bits per heavy atom. The van der Waals surface area contributed by atoms with E-state index in [2.05, 4.69) is 20.7 Å². The van der Waals surface area contributed by atoms with Crippen LogP contribution >= 0.6 is 0 Å². The van der Waals surface area contributed by atoms with E-state index in [4.69, 9.17) is 0 Å². The van der Waals surface area contributed by atoms with Gasteiger partial charge in [0, 0.05) is 12.2 Å². The number of anilines is 1. The Hall–Kier alpha value is -2.45. The van der Waals surface area contributed by atoms with E-state index in [1.165, 1.54) is 12.1 Å². The number of carbonyl (C=O) groups is 2. The number of carbonyl (C=O) groups excluding carboxylic acids is 2. The summed E-state index contributed by atoms with van der Waals surface area (Å²) in [5.41, 5.74) is 0.418. The summed E-state index contributed by atoms with van der Waals surface area (Å²) in [5, 5.41) is 7.32. The van der Waals surface area contributed by atoms with Crippen molar-refractivity contribution in [1.82, 2.24) is 10.6 Å². The number of ether oxygens (including phenoxy) is 1. The van der Waals surface area contributed by atoms with Crippen molar-refractivity contribution in [2.24, 2.45) is 0 Å². The lowest BCUT2D eigenvalue weighted by atomic mass is 10.3. The number of hydrogen-bond donors (Lipinski definition) is 3. The van der Waals surface area contributed by atoms with Crippen molar-refractivity contribution < 1.29 is 27.5 Å². The van der Waals surface area contributed by atoms with Crippen LogP contribution in [0.25, 0.3) is 0 Å². The highest BCUT2D eigenvalue weighted by molar-refractivity contribution is 5.96. The Bertz CT molecular complexity index is 518. The number of alkyl halides is 3. The van der Waals surface area contributed by atoms with Crippen molar-refractivity contribution in [3.63, 3.8) is 0 Å². The van der Waals surface area contributed by atoms with Crippen LogP contribution in [-0.4, -0.2) is 31.4 Å². The summed E-state index contributed by atoms with van der Waals surface area (Å²) in [5.74, 6) is -0.919. The molecule has 1 aromatic rings. The predicted molar refractivity (Wildman–Crippen MR) is 78.1 cm³/mol. The Morgan fingerprint density at radius 2 is 1.83 bits per heavy atom. The maximum atomic E-state index is 12.0. The van der Waals surface area contributed by atoms with E-state index in [-0.39, 0.29) is 12.3 Å². The normalized spacial score (nSPS) is 10.8. The van der Waals surface area contributed by atoms with Gasteiger partial charge in [-0.2, -0.15) is 0 Å². The first-order valence-electron chi connectivity index (χ1n) is 6.97. The van der Waals surface area contributed by atoms with Crippen LogP contribution in [0, 0.1) is 0 Å². The molecule has 6 nitrogen and oxygen atoms in total. The number of halogens is 3. The molecule has 0 bridgehead atoms. The second-order valence-electron chi connectivity index (χ2n) is 4.58. The molecule has 1 aromatic carbocycles. The number of unbranched alkanes of at least 4 members (excludes halogenated alkanes) is 1. The molecule has 1 rings (SSSR count). The summed E-state index contributed by atoms with van der Waals surface area (Å²) in [6.07, 6.45) is -3.02. The summed E-state index contributed by atoms with van der Waals surface area (Å²) < 4.78 is 39.7. The summed E-state index contributed by atoms with van der Waals surface area (Å²) >= 11 is 0. The Balaban J connectivity index is 2.34. The number of nitrogens with one attached hydrogen (secondary N) is 3. The highest BCUT2D eigenvalue weighted by Crippen LogP contribution is 2.23. The highest BCUT2D eigenvalue weighted by Gasteiger charge is 2.30. The van der Waals surface area contributed by atoms with Crippen molar-refractivity contribution in [2.75, 3.05) is 18.4 Å². The fraction of sp³-hybridized carbons (Fsp3) is 0.429. The van der Waals surface area contributed by atoms with E-state index in [1.807, 2.05) is 6.92 Å². The van der Waals surface area contributed by atoms with Crippen molar-refractivity contribution in [2.45, 2.75) is 26.1 Å². The van der Waals surface area contributed by atoms with Crippen LogP contribution in [0.2, 0.25) is 0 Å². The van der Waals surface area contributed by atoms with Gasteiger partial charge in [-0.3, -0.25) is 10.1 Å². The van der Waals surface area contributed by atoms with E-state index in [1.54, 1.807) is 0 Å². The number of rotatable bonds is 7. The van der Waals surface area contributed by atoms with Crippen LogP contribution in [0.4, 0.5) is 23.7 Å². The second kappa shape index (κ2) is 8.86. The Labute approximate surface area is 131 Å². The molecule has 3 N–H and O–H groups in total. The highest BCUT2D eigenvalue weighted by atomic mass is 19.4. The smallest absolute Gasteiger partial charge is 0.406 e. The topological polar surface area (TPSA) is 79.5 Å². The fourth-order valence-electron chi connectivity index (χ4n) is 1.55. The summed E-state index contributed by atoms with van der Waals surface area (Å²) in [4.78, 5) is 22.8. The lowest BCUT2D eigenvalue weighted by molar-refractivity contribution is -0.274. The zero-order valence-corrected chi connectivity index (χ0v) is 12.5. The number of urea groups is 1. The van der Waals surface area contributed by atoms with Crippen molar-refractivity contribution >= 4 is 17.6 Å². The molecular weight excluding hydrogens is 315 g/mol. The third-order valence-electron chi connectivity index (χ3n) is 2.61. The first kappa shape index (κ1) is 18.6. The van der Waals surface area contributed by atoms with Crippen molar-refractivity contribution in [3.8, 4) is 5.75 Å². The summed E-state index contributed by atoms with van der Waals surface area (Å²) in [7, 11) is 0. The van der Waals surface area contributed by atoms with Crippen LogP contribution in [0.5, 0.6) is 5.75 Å². The van der Waals surface area contributed by atoms with Crippen molar-refractivity contribution in [3.05, 3.63) is 24.3 Å². The van der Waals surface area contributed by atoms with Gasteiger partial charge in [-0.25, -0.2) is 4.79 Å². The van der Waals surface area contributed by atoms with Gasteiger partial charge in [-0.05, 0) is 30.7 Å². The van der Waals surface area contributed by atoms with Gasteiger partial charge in [0.15, 0.2) is 0 Å². The third-order valence-corrected chi connectivity index (χ3v) is 2.61. The number of amides is 3. The molecule has 0 aliphatic rings.